The van der Waals surface area contributed by atoms with Crippen molar-refractivity contribution in [2.45, 2.75) is 13.2 Å². The standard InChI is InChI=1S/C21H18ClFN2OS/c22-19-3-1-2-4-20(19)25-21(27)24-13-15-7-11-18(12-8-15)26-14-16-5-9-17(23)10-6-16/h1-12H,13-14H2,(H2,24,25,27). The van der Waals surface area contributed by atoms with Crippen LogP contribution in [-0.2, 0) is 13.2 Å². The fraction of sp³-hybridized carbons (Fsp3) is 0.0952. The van der Waals surface area contributed by atoms with E-state index in [9.17, 15) is 4.39 Å². The zero-order valence-corrected chi connectivity index (χ0v) is 16.0. The molecule has 0 radical (unpaired) electrons. The number of thiocarbonyl (C=S) groups is 1. The van der Waals surface area contributed by atoms with Gasteiger partial charge in [0, 0.05) is 6.54 Å². The lowest BCUT2D eigenvalue weighted by Crippen LogP contribution is -2.27. The Morgan fingerprint density at radius 2 is 1.59 bits per heavy atom. The van der Waals surface area contributed by atoms with Gasteiger partial charge in [-0.05, 0) is 59.7 Å². The van der Waals surface area contributed by atoms with Crippen LogP contribution in [0.3, 0.4) is 0 Å². The van der Waals surface area contributed by atoms with Crippen LogP contribution in [-0.4, -0.2) is 5.11 Å². The first-order valence-corrected chi connectivity index (χ1v) is 9.14. The van der Waals surface area contributed by atoms with Crippen molar-refractivity contribution in [2.24, 2.45) is 0 Å². The summed E-state index contributed by atoms with van der Waals surface area (Å²) in [6.07, 6.45) is 0. The molecule has 0 fully saturated rings. The smallest absolute Gasteiger partial charge is 0.171 e. The number of nitrogens with one attached hydrogen (secondary N) is 2. The molecule has 0 aliphatic heterocycles. The summed E-state index contributed by atoms with van der Waals surface area (Å²) >= 11 is 11.4. The molecule has 0 saturated carbocycles. The number of anilines is 1. The molecule has 3 rings (SSSR count). The molecular weight excluding hydrogens is 383 g/mol. The average Bonchev–Trinajstić information content (AvgIpc) is 2.68. The van der Waals surface area contributed by atoms with E-state index in [1.54, 1.807) is 18.2 Å². The van der Waals surface area contributed by atoms with Crippen LogP contribution in [0.5, 0.6) is 5.75 Å². The molecule has 0 unspecified atom stereocenters. The van der Waals surface area contributed by atoms with Gasteiger partial charge in [-0.1, -0.05) is 48.0 Å². The van der Waals surface area contributed by atoms with Crippen LogP contribution >= 0.6 is 23.8 Å². The van der Waals surface area contributed by atoms with Crippen LogP contribution in [0, 0.1) is 5.82 Å². The van der Waals surface area contributed by atoms with Crippen LogP contribution in [0.1, 0.15) is 11.1 Å². The predicted molar refractivity (Wildman–Crippen MR) is 112 cm³/mol. The van der Waals surface area contributed by atoms with E-state index >= 15 is 0 Å². The summed E-state index contributed by atoms with van der Waals surface area (Å²) in [5, 5.41) is 7.33. The molecular formula is C21H18ClFN2OS. The fourth-order valence-electron chi connectivity index (χ4n) is 2.36. The molecule has 0 bridgehead atoms. The predicted octanol–water partition coefficient (Wildman–Crippen LogP) is 5.54. The Balaban J connectivity index is 1.46. The summed E-state index contributed by atoms with van der Waals surface area (Å²) in [5.41, 5.74) is 2.74. The Bertz CT molecular complexity index is 901. The molecule has 0 amide bonds. The van der Waals surface area contributed by atoms with E-state index in [1.807, 2.05) is 42.5 Å². The number of benzene rings is 3. The third-order valence-corrected chi connectivity index (χ3v) is 4.39. The highest BCUT2D eigenvalue weighted by atomic mass is 35.5. The highest BCUT2D eigenvalue weighted by Crippen LogP contribution is 2.20. The first kappa shape index (κ1) is 19.1. The molecule has 3 nitrogen and oxygen atoms in total. The summed E-state index contributed by atoms with van der Waals surface area (Å²) in [7, 11) is 0. The number of halogens is 2. The molecule has 0 saturated heterocycles. The number of hydrogen-bond donors (Lipinski definition) is 2. The van der Waals surface area contributed by atoms with Crippen molar-refractivity contribution in [1.29, 1.82) is 0 Å². The number of ether oxygens (including phenoxy) is 1. The van der Waals surface area contributed by atoms with Gasteiger partial charge in [0.05, 0.1) is 10.7 Å². The van der Waals surface area contributed by atoms with Crippen LogP contribution in [0.2, 0.25) is 5.02 Å². The van der Waals surface area contributed by atoms with Crippen molar-refractivity contribution >= 4 is 34.6 Å². The van der Waals surface area contributed by atoms with Crippen molar-refractivity contribution in [1.82, 2.24) is 5.32 Å². The molecule has 0 aromatic heterocycles. The molecule has 6 heteroatoms. The number of hydrogen-bond acceptors (Lipinski definition) is 2. The fourth-order valence-corrected chi connectivity index (χ4v) is 2.73. The molecule has 0 atom stereocenters. The van der Waals surface area contributed by atoms with E-state index in [1.165, 1.54) is 12.1 Å². The SMILES string of the molecule is Fc1ccc(COc2ccc(CNC(=S)Nc3ccccc3Cl)cc2)cc1. The molecule has 3 aromatic carbocycles. The summed E-state index contributed by atoms with van der Waals surface area (Å²) in [5.74, 6) is 0.498. The molecule has 2 N–H and O–H groups in total. The van der Waals surface area contributed by atoms with Gasteiger partial charge < -0.3 is 15.4 Å². The Labute approximate surface area is 168 Å². The van der Waals surface area contributed by atoms with Crippen LogP contribution < -0.4 is 15.4 Å². The maximum atomic E-state index is 12.9. The highest BCUT2D eigenvalue weighted by Gasteiger charge is 2.02. The second-order valence-electron chi connectivity index (χ2n) is 5.85. The third kappa shape index (κ3) is 5.94. The first-order valence-electron chi connectivity index (χ1n) is 8.36. The van der Waals surface area contributed by atoms with E-state index in [4.69, 9.17) is 28.6 Å². The average molecular weight is 401 g/mol. The minimum atomic E-state index is -0.252. The monoisotopic (exact) mass is 400 g/mol. The quantitative estimate of drug-likeness (QED) is 0.532. The Morgan fingerprint density at radius 3 is 2.30 bits per heavy atom. The van der Waals surface area contributed by atoms with Crippen molar-refractivity contribution in [2.75, 3.05) is 5.32 Å². The summed E-state index contributed by atoms with van der Waals surface area (Å²) in [6, 6.07) is 21.4. The van der Waals surface area contributed by atoms with E-state index < -0.39 is 0 Å². The van der Waals surface area contributed by atoms with Gasteiger partial charge in [-0.2, -0.15) is 0 Å². The van der Waals surface area contributed by atoms with E-state index in [0.29, 0.717) is 23.3 Å². The lowest BCUT2D eigenvalue weighted by molar-refractivity contribution is 0.306. The van der Waals surface area contributed by atoms with Gasteiger partial charge >= 0.3 is 0 Å². The molecule has 0 aliphatic carbocycles. The van der Waals surface area contributed by atoms with Crippen LogP contribution in [0.4, 0.5) is 10.1 Å². The van der Waals surface area contributed by atoms with Crippen molar-refractivity contribution in [3.8, 4) is 5.75 Å². The lowest BCUT2D eigenvalue weighted by atomic mass is 10.2. The zero-order valence-electron chi connectivity index (χ0n) is 14.4. The zero-order chi connectivity index (χ0) is 19.1. The van der Waals surface area contributed by atoms with Crippen LogP contribution in [0.25, 0.3) is 0 Å². The molecule has 3 aromatic rings. The van der Waals surface area contributed by atoms with E-state index in [-0.39, 0.29) is 5.82 Å². The van der Waals surface area contributed by atoms with E-state index in [0.717, 1.165) is 22.6 Å². The molecule has 138 valence electrons. The van der Waals surface area contributed by atoms with Crippen molar-refractivity contribution in [3.63, 3.8) is 0 Å². The Morgan fingerprint density at radius 1 is 0.926 bits per heavy atom. The maximum absolute atomic E-state index is 12.9. The topological polar surface area (TPSA) is 33.3 Å². The normalized spacial score (nSPS) is 10.3. The minimum absolute atomic E-state index is 0.252. The Hall–Kier alpha value is -2.63. The third-order valence-electron chi connectivity index (χ3n) is 3.82. The Kier molecular flexibility index (Phi) is 6.63. The van der Waals surface area contributed by atoms with Crippen molar-refractivity contribution in [3.05, 3.63) is 94.8 Å². The molecule has 0 spiro atoms. The van der Waals surface area contributed by atoms with Gasteiger partial charge in [0.2, 0.25) is 0 Å². The second kappa shape index (κ2) is 9.35. The molecule has 0 heterocycles. The lowest BCUT2D eigenvalue weighted by Gasteiger charge is -2.12. The summed E-state index contributed by atoms with van der Waals surface area (Å²) in [4.78, 5) is 0. The highest BCUT2D eigenvalue weighted by molar-refractivity contribution is 7.80. The van der Waals surface area contributed by atoms with Gasteiger partial charge in [0.15, 0.2) is 5.11 Å². The largest absolute Gasteiger partial charge is 0.489 e. The molecule has 0 aliphatic rings. The van der Waals surface area contributed by atoms with Gasteiger partial charge in [-0.25, -0.2) is 4.39 Å². The summed E-state index contributed by atoms with van der Waals surface area (Å²) in [6.45, 7) is 0.970. The maximum Gasteiger partial charge on any atom is 0.171 e. The van der Waals surface area contributed by atoms with E-state index in [2.05, 4.69) is 10.6 Å². The first-order chi connectivity index (χ1) is 13.1. The van der Waals surface area contributed by atoms with Gasteiger partial charge in [-0.3, -0.25) is 0 Å². The summed E-state index contributed by atoms with van der Waals surface area (Å²) < 4.78 is 18.6. The van der Waals surface area contributed by atoms with Gasteiger partial charge in [-0.15, -0.1) is 0 Å². The van der Waals surface area contributed by atoms with Gasteiger partial charge in [0.1, 0.15) is 18.2 Å². The molecule has 27 heavy (non-hydrogen) atoms. The number of para-hydroxylation sites is 1. The minimum Gasteiger partial charge on any atom is -0.489 e. The second-order valence-corrected chi connectivity index (χ2v) is 6.66. The number of rotatable bonds is 6. The van der Waals surface area contributed by atoms with Gasteiger partial charge in [0.25, 0.3) is 0 Å². The van der Waals surface area contributed by atoms with Crippen LogP contribution in [0.15, 0.2) is 72.8 Å². The van der Waals surface area contributed by atoms with Crippen molar-refractivity contribution < 1.29 is 9.13 Å².